The van der Waals surface area contributed by atoms with E-state index in [4.69, 9.17) is 0 Å². The molecule has 2 nitrogen and oxygen atoms in total. The number of rotatable bonds is 0. The topological polar surface area (TPSA) is 15.3 Å². The van der Waals surface area contributed by atoms with Crippen LogP contribution in [0.4, 0.5) is 0 Å². The molecule has 0 aromatic carbocycles. The van der Waals surface area contributed by atoms with Gasteiger partial charge in [0.05, 0.1) is 0 Å². The first-order valence-corrected chi connectivity index (χ1v) is 5.19. The van der Waals surface area contributed by atoms with Crippen LogP contribution < -0.4 is 5.32 Å². The fraction of sp³-hybridized carbons (Fsp3) is 0.818. The van der Waals surface area contributed by atoms with E-state index in [1.54, 1.807) is 0 Å². The predicted octanol–water partition coefficient (Wildman–Crippen LogP) is 1.59. The molecule has 2 aliphatic rings. The van der Waals surface area contributed by atoms with Crippen LogP contribution in [-0.4, -0.2) is 30.1 Å². The highest BCUT2D eigenvalue weighted by molar-refractivity contribution is 5.13. The summed E-state index contributed by atoms with van der Waals surface area (Å²) in [6.45, 7) is 10.4. The van der Waals surface area contributed by atoms with Crippen molar-refractivity contribution in [1.82, 2.24) is 10.2 Å². The summed E-state index contributed by atoms with van der Waals surface area (Å²) < 4.78 is 0. The average molecular weight is 180 g/mol. The highest BCUT2D eigenvalue weighted by atomic mass is 15.2. The first-order valence-electron chi connectivity index (χ1n) is 5.19. The molecular weight excluding hydrogens is 160 g/mol. The van der Waals surface area contributed by atoms with E-state index in [0.717, 1.165) is 6.54 Å². The normalized spacial score (nSPS) is 33.6. The maximum Gasteiger partial charge on any atom is 0.0312 e. The van der Waals surface area contributed by atoms with Crippen molar-refractivity contribution in [3.8, 4) is 0 Å². The molecule has 74 valence electrons. The zero-order chi connectivity index (χ0) is 9.53. The lowest BCUT2D eigenvalue weighted by atomic mass is 9.88. The van der Waals surface area contributed by atoms with E-state index in [9.17, 15) is 0 Å². The molecule has 1 unspecified atom stereocenters. The van der Waals surface area contributed by atoms with E-state index >= 15 is 0 Å². The van der Waals surface area contributed by atoms with Crippen molar-refractivity contribution in [3.63, 3.8) is 0 Å². The summed E-state index contributed by atoms with van der Waals surface area (Å²) in [6.07, 6.45) is 5.99. The second-order valence-electron chi connectivity index (χ2n) is 5.40. The SMILES string of the molecule is CC(C)(C)N1C=CC2(CCNC2)C1. The Hall–Kier alpha value is -0.500. The Balaban J connectivity index is 2.06. The molecule has 2 rings (SSSR count). The fourth-order valence-electron chi connectivity index (χ4n) is 2.19. The van der Waals surface area contributed by atoms with Gasteiger partial charge in [-0.1, -0.05) is 6.08 Å². The third kappa shape index (κ3) is 1.60. The zero-order valence-corrected chi connectivity index (χ0v) is 8.93. The molecule has 1 fully saturated rings. The molecule has 0 aliphatic carbocycles. The molecule has 0 aromatic rings. The third-order valence-corrected chi connectivity index (χ3v) is 3.23. The van der Waals surface area contributed by atoms with Gasteiger partial charge in [0.25, 0.3) is 0 Å². The average Bonchev–Trinajstić information content (AvgIpc) is 2.60. The van der Waals surface area contributed by atoms with Crippen molar-refractivity contribution in [2.24, 2.45) is 5.41 Å². The summed E-state index contributed by atoms with van der Waals surface area (Å²) in [7, 11) is 0. The van der Waals surface area contributed by atoms with Gasteiger partial charge in [-0.25, -0.2) is 0 Å². The van der Waals surface area contributed by atoms with Crippen LogP contribution >= 0.6 is 0 Å². The van der Waals surface area contributed by atoms with Gasteiger partial charge in [-0.15, -0.1) is 0 Å². The van der Waals surface area contributed by atoms with Gasteiger partial charge in [-0.2, -0.15) is 0 Å². The quantitative estimate of drug-likeness (QED) is 0.609. The van der Waals surface area contributed by atoms with Crippen molar-refractivity contribution in [2.75, 3.05) is 19.6 Å². The summed E-state index contributed by atoms with van der Waals surface area (Å²) in [6, 6.07) is 0. The largest absolute Gasteiger partial charge is 0.372 e. The van der Waals surface area contributed by atoms with Crippen LogP contribution in [0.3, 0.4) is 0 Å². The van der Waals surface area contributed by atoms with Gasteiger partial charge in [0.2, 0.25) is 0 Å². The monoisotopic (exact) mass is 180 g/mol. The summed E-state index contributed by atoms with van der Waals surface area (Å²) in [5.74, 6) is 0. The third-order valence-electron chi connectivity index (χ3n) is 3.23. The Labute approximate surface area is 81.0 Å². The van der Waals surface area contributed by atoms with E-state index in [2.05, 4.69) is 43.3 Å². The minimum atomic E-state index is 0.280. The van der Waals surface area contributed by atoms with Crippen LogP contribution in [0.1, 0.15) is 27.2 Å². The second-order valence-corrected chi connectivity index (χ2v) is 5.40. The summed E-state index contributed by atoms with van der Waals surface area (Å²) in [5, 5.41) is 3.45. The molecule has 0 saturated carbocycles. The molecule has 1 atom stereocenters. The maximum absolute atomic E-state index is 3.45. The maximum atomic E-state index is 3.45. The van der Waals surface area contributed by atoms with Gasteiger partial charge in [0.1, 0.15) is 0 Å². The summed E-state index contributed by atoms with van der Waals surface area (Å²) in [5.41, 5.74) is 0.732. The summed E-state index contributed by atoms with van der Waals surface area (Å²) >= 11 is 0. The molecule has 1 N–H and O–H groups in total. The van der Waals surface area contributed by atoms with E-state index in [-0.39, 0.29) is 5.54 Å². The number of hydrogen-bond donors (Lipinski definition) is 1. The Morgan fingerprint density at radius 3 is 2.62 bits per heavy atom. The van der Waals surface area contributed by atoms with Crippen LogP contribution in [0.25, 0.3) is 0 Å². The lowest BCUT2D eigenvalue weighted by Crippen LogP contribution is -2.40. The van der Waals surface area contributed by atoms with Crippen LogP contribution in [0.5, 0.6) is 0 Å². The van der Waals surface area contributed by atoms with E-state index in [1.807, 2.05) is 0 Å². The Bertz CT molecular complexity index is 219. The van der Waals surface area contributed by atoms with Crippen LogP contribution in [0.15, 0.2) is 12.3 Å². The molecule has 0 radical (unpaired) electrons. The standard InChI is InChI=1S/C11H20N2/c1-10(2,3)13-7-5-11(9-13)4-6-12-8-11/h5,7,12H,4,6,8-9H2,1-3H3. The molecular formula is C11H20N2. The van der Waals surface area contributed by atoms with Gasteiger partial charge < -0.3 is 10.2 Å². The number of hydrogen-bond acceptors (Lipinski definition) is 2. The van der Waals surface area contributed by atoms with Gasteiger partial charge in [0, 0.05) is 24.0 Å². The van der Waals surface area contributed by atoms with Crippen molar-refractivity contribution in [1.29, 1.82) is 0 Å². The van der Waals surface area contributed by atoms with E-state index in [1.165, 1.54) is 19.5 Å². The smallest absolute Gasteiger partial charge is 0.0312 e. The molecule has 2 heterocycles. The van der Waals surface area contributed by atoms with Gasteiger partial charge in [0.15, 0.2) is 0 Å². The zero-order valence-electron chi connectivity index (χ0n) is 8.93. The second kappa shape index (κ2) is 2.74. The molecule has 2 heteroatoms. The molecule has 13 heavy (non-hydrogen) atoms. The predicted molar refractivity (Wildman–Crippen MR) is 55.5 cm³/mol. The summed E-state index contributed by atoms with van der Waals surface area (Å²) in [4.78, 5) is 2.46. The fourth-order valence-corrected chi connectivity index (χ4v) is 2.19. The lowest BCUT2D eigenvalue weighted by Gasteiger charge is -2.35. The molecule has 1 saturated heterocycles. The molecule has 0 amide bonds. The number of nitrogens with one attached hydrogen (secondary N) is 1. The number of nitrogens with zero attached hydrogens (tertiary/aromatic N) is 1. The van der Waals surface area contributed by atoms with Crippen molar-refractivity contribution < 1.29 is 0 Å². The van der Waals surface area contributed by atoms with E-state index in [0.29, 0.717) is 5.41 Å². The minimum absolute atomic E-state index is 0.280. The highest BCUT2D eigenvalue weighted by Crippen LogP contribution is 2.36. The minimum Gasteiger partial charge on any atom is -0.372 e. The molecule has 2 aliphatic heterocycles. The molecule has 1 spiro atoms. The lowest BCUT2D eigenvalue weighted by molar-refractivity contribution is 0.179. The van der Waals surface area contributed by atoms with E-state index < -0.39 is 0 Å². The molecule has 0 bridgehead atoms. The van der Waals surface area contributed by atoms with Gasteiger partial charge in [-0.3, -0.25) is 0 Å². The van der Waals surface area contributed by atoms with Crippen molar-refractivity contribution >= 4 is 0 Å². The van der Waals surface area contributed by atoms with Gasteiger partial charge >= 0.3 is 0 Å². The van der Waals surface area contributed by atoms with Gasteiger partial charge in [-0.05, 0) is 39.9 Å². The Kier molecular flexibility index (Phi) is 1.91. The first kappa shape index (κ1) is 9.07. The molecule has 0 aromatic heterocycles. The van der Waals surface area contributed by atoms with Crippen LogP contribution in [0.2, 0.25) is 0 Å². The van der Waals surface area contributed by atoms with Crippen LogP contribution in [0, 0.1) is 5.41 Å². The Morgan fingerprint density at radius 2 is 2.15 bits per heavy atom. The first-order chi connectivity index (χ1) is 6.02. The highest BCUT2D eigenvalue weighted by Gasteiger charge is 2.38. The van der Waals surface area contributed by atoms with Crippen molar-refractivity contribution in [3.05, 3.63) is 12.3 Å². The Morgan fingerprint density at radius 1 is 1.38 bits per heavy atom. The van der Waals surface area contributed by atoms with Crippen molar-refractivity contribution in [2.45, 2.75) is 32.7 Å². The van der Waals surface area contributed by atoms with Crippen LogP contribution in [-0.2, 0) is 0 Å².